The van der Waals surface area contributed by atoms with E-state index in [1.54, 1.807) is 6.92 Å². The van der Waals surface area contributed by atoms with Crippen LogP contribution in [0.5, 0.6) is 0 Å². The van der Waals surface area contributed by atoms with Crippen molar-refractivity contribution in [2.45, 2.75) is 39.0 Å². The molecule has 0 spiro atoms. The van der Waals surface area contributed by atoms with E-state index in [1.165, 1.54) is 0 Å². The summed E-state index contributed by atoms with van der Waals surface area (Å²) in [6.45, 7) is 4.80. The molecule has 0 aliphatic carbocycles. The van der Waals surface area contributed by atoms with Gasteiger partial charge in [0.2, 0.25) is 5.91 Å². The zero-order valence-electron chi connectivity index (χ0n) is 11.2. The van der Waals surface area contributed by atoms with Gasteiger partial charge < -0.3 is 15.4 Å². The fraction of sp³-hybridized carbons (Fsp3) is 0.846. The molecular formula is C13H24N2O3. The fourth-order valence-electron chi connectivity index (χ4n) is 2.11. The predicted octanol–water partition coefficient (Wildman–Crippen LogP) is 0.836. The molecule has 104 valence electrons. The van der Waals surface area contributed by atoms with Gasteiger partial charge in [0.1, 0.15) is 0 Å². The summed E-state index contributed by atoms with van der Waals surface area (Å²) >= 11 is 0. The van der Waals surface area contributed by atoms with Crippen LogP contribution in [-0.2, 0) is 14.3 Å². The summed E-state index contributed by atoms with van der Waals surface area (Å²) in [7, 11) is 0. The normalized spacial score (nSPS) is 16.3. The van der Waals surface area contributed by atoms with Crippen molar-refractivity contribution < 1.29 is 14.3 Å². The highest BCUT2D eigenvalue weighted by Gasteiger charge is 2.16. The summed E-state index contributed by atoms with van der Waals surface area (Å²) in [4.78, 5) is 22.7. The number of ether oxygens (including phenoxy) is 1. The van der Waals surface area contributed by atoms with E-state index in [4.69, 9.17) is 4.74 Å². The predicted molar refractivity (Wildman–Crippen MR) is 69.1 cm³/mol. The van der Waals surface area contributed by atoms with Crippen molar-refractivity contribution in [3.8, 4) is 0 Å². The van der Waals surface area contributed by atoms with E-state index < -0.39 is 0 Å². The van der Waals surface area contributed by atoms with E-state index in [9.17, 15) is 9.59 Å². The van der Waals surface area contributed by atoms with Crippen molar-refractivity contribution in [2.75, 3.05) is 26.2 Å². The summed E-state index contributed by atoms with van der Waals surface area (Å²) in [5, 5.41) is 6.14. The molecule has 18 heavy (non-hydrogen) atoms. The summed E-state index contributed by atoms with van der Waals surface area (Å²) < 4.78 is 4.81. The van der Waals surface area contributed by atoms with Crippen LogP contribution in [0.4, 0.5) is 0 Å². The van der Waals surface area contributed by atoms with Crippen molar-refractivity contribution in [1.82, 2.24) is 10.6 Å². The van der Waals surface area contributed by atoms with Gasteiger partial charge in [-0.25, -0.2) is 0 Å². The number of carbonyl (C=O) groups is 2. The van der Waals surface area contributed by atoms with E-state index in [1.807, 2.05) is 0 Å². The molecule has 1 aliphatic heterocycles. The largest absolute Gasteiger partial charge is 0.466 e. The minimum atomic E-state index is -0.190. The summed E-state index contributed by atoms with van der Waals surface area (Å²) in [5.41, 5.74) is 0. The second-order valence-electron chi connectivity index (χ2n) is 4.66. The Morgan fingerprint density at radius 2 is 2.06 bits per heavy atom. The number of piperidine rings is 1. The lowest BCUT2D eigenvalue weighted by molar-refractivity contribution is -0.143. The van der Waals surface area contributed by atoms with Crippen LogP contribution >= 0.6 is 0 Å². The van der Waals surface area contributed by atoms with E-state index >= 15 is 0 Å². The zero-order valence-corrected chi connectivity index (χ0v) is 11.2. The second kappa shape index (κ2) is 8.91. The SMILES string of the molecule is CCOC(=O)CCCNC(=O)CC1CCNCC1. The molecule has 2 N–H and O–H groups in total. The highest BCUT2D eigenvalue weighted by molar-refractivity contribution is 5.76. The Bertz CT molecular complexity index is 263. The number of nitrogens with one attached hydrogen (secondary N) is 2. The second-order valence-corrected chi connectivity index (χ2v) is 4.66. The van der Waals surface area contributed by atoms with Crippen LogP contribution in [0.15, 0.2) is 0 Å². The highest BCUT2D eigenvalue weighted by atomic mass is 16.5. The first-order valence-electron chi connectivity index (χ1n) is 6.85. The average Bonchev–Trinajstić information content (AvgIpc) is 2.36. The van der Waals surface area contributed by atoms with Gasteiger partial charge in [-0.05, 0) is 45.2 Å². The van der Waals surface area contributed by atoms with Gasteiger partial charge in [-0.15, -0.1) is 0 Å². The van der Waals surface area contributed by atoms with E-state index in [-0.39, 0.29) is 11.9 Å². The van der Waals surface area contributed by atoms with Crippen molar-refractivity contribution in [1.29, 1.82) is 0 Å². The monoisotopic (exact) mass is 256 g/mol. The molecule has 1 aliphatic rings. The third-order valence-electron chi connectivity index (χ3n) is 3.12. The number of hydrogen-bond donors (Lipinski definition) is 2. The number of amides is 1. The molecule has 0 aromatic carbocycles. The lowest BCUT2D eigenvalue weighted by Gasteiger charge is -2.21. The van der Waals surface area contributed by atoms with Gasteiger partial charge >= 0.3 is 5.97 Å². The lowest BCUT2D eigenvalue weighted by atomic mass is 9.94. The van der Waals surface area contributed by atoms with Crippen LogP contribution in [0, 0.1) is 5.92 Å². The van der Waals surface area contributed by atoms with Crippen molar-refractivity contribution in [3.05, 3.63) is 0 Å². The number of hydrogen-bond acceptors (Lipinski definition) is 4. The molecule has 0 radical (unpaired) electrons. The van der Waals surface area contributed by atoms with E-state index in [0.29, 0.717) is 38.3 Å². The maximum Gasteiger partial charge on any atom is 0.305 e. The minimum Gasteiger partial charge on any atom is -0.466 e. The van der Waals surface area contributed by atoms with Gasteiger partial charge in [0, 0.05) is 19.4 Å². The smallest absolute Gasteiger partial charge is 0.305 e. The number of esters is 1. The third kappa shape index (κ3) is 6.59. The molecule has 1 fully saturated rings. The zero-order chi connectivity index (χ0) is 13.2. The molecular weight excluding hydrogens is 232 g/mol. The molecule has 0 aromatic heterocycles. The quantitative estimate of drug-likeness (QED) is 0.523. The van der Waals surface area contributed by atoms with Crippen LogP contribution in [0.1, 0.15) is 39.0 Å². The summed E-state index contributed by atoms with van der Waals surface area (Å²) in [5.74, 6) is 0.423. The van der Waals surface area contributed by atoms with Crippen LogP contribution in [0.2, 0.25) is 0 Å². The molecule has 0 atom stereocenters. The molecule has 1 heterocycles. The van der Waals surface area contributed by atoms with Crippen molar-refractivity contribution >= 4 is 11.9 Å². The summed E-state index contributed by atoms with van der Waals surface area (Å²) in [6.07, 6.45) is 3.80. The topological polar surface area (TPSA) is 67.4 Å². The third-order valence-corrected chi connectivity index (χ3v) is 3.12. The van der Waals surface area contributed by atoms with Gasteiger partial charge in [-0.2, -0.15) is 0 Å². The van der Waals surface area contributed by atoms with Gasteiger partial charge in [0.25, 0.3) is 0 Å². The van der Waals surface area contributed by atoms with Crippen LogP contribution < -0.4 is 10.6 Å². The van der Waals surface area contributed by atoms with E-state index in [0.717, 1.165) is 25.9 Å². The molecule has 0 bridgehead atoms. The molecule has 0 aromatic rings. The average molecular weight is 256 g/mol. The Kier molecular flexibility index (Phi) is 7.41. The van der Waals surface area contributed by atoms with Gasteiger partial charge in [-0.1, -0.05) is 0 Å². The first kappa shape index (κ1) is 15.0. The molecule has 5 nitrogen and oxygen atoms in total. The van der Waals surface area contributed by atoms with Crippen LogP contribution in [0.3, 0.4) is 0 Å². The molecule has 1 saturated heterocycles. The number of rotatable bonds is 7. The van der Waals surface area contributed by atoms with Crippen molar-refractivity contribution in [2.24, 2.45) is 5.92 Å². The molecule has 5 heteroatoms. The van der Waals surface area contributed by atoms with Crippen LogP contribution in [-0.4, -0.2) is 38.1 Å². The molecule has 0 saturated carbocycles. The maximum atomic E-state index is 11.6. The summed E-state index contributed by atoms with van der Waals surface area (Å²) in [6, 6.07) is 0. The van der Waals surface area contributed by atoms with E-state index in [2.05, 4.69) is 10.6 Å². The Morgan fingerprint density at radius 3 is 2.72 bits per heavy atom. The van der Waals surface area contributed by atoms with Gasteiger partial charge in [0.05, 0.1) is 6.61 Å². The van der Waals surface area contributed by atoms with Gasteiger partial charge in [0.15, 0.2) is 0 Å². The number of carbonyl (C=O) groups excluding carboxylic acids is 2. The van der Waals surface area contributed by atoms with Crippen molar-refractivity contribution in [3.63, 3.8) is 0 Å². The molecule has 1 amide bonds. The highest BCUT2D eigenvalue weighted by Crippen LogP contribution is 2.15. The Labute approximate surface area is 109 Å². The molecule has 0 unspecified atom stereocenters. The maximum absolute atomic E-state index is 11.6. The first-order valence-corrected chi connectivity index (χ1v) is 6.85. The molecule has 1 rings (SSSR count). The Morgan fingerprint density at radius 1 is 1.33 bits per heavy atom. The Hall–Kier alpha value is -1.10. The van der Waals surface area contributed by atoms with Crippen LogP contribution in [0.25, 0.3) is 0 Å². The minimum absolute atomic E-state index is 0.103. The fourth-order valence-corrected chi connectivity index (χ4v) is 2.11. The van der Waals surface area contributed by atoms with Gasteiger partial charge in [-0.3, -0.25) is 9.59 Å². The standard InChI is InChI=1S/C13H24N2O3/c1-2-18-13(17)4-3-7-15-12(16)10-11-5-8-14-9-6-11/h11,14H,2-10H2,1H3,(H,15,16). The first-order chi connectivity index (χ1) is 8.72. The Balaban J connectivity index is 2.01. The lowest BCUT2D eigenvalue weighted by Crippen LogP contribution is -2.32.